The SMILES string of the molecule is C=CCOCCOCCOCCOCCCCCCCCCCCCCCCC. The number of hydrogen-bond acceptors (Lipinski definition) is 4. The van der Waals surface area contributed by atoms with Gasteiger partial charge in [-0.2, -0.15) is 0 Å². The molecule has 0 bridgehead atoms. The van der Waals surface area contributed by atoms with E-state index in [-0.39, 0.29) is 0 Å². The fourth-order valence-electron chi connectivity index (χ4n) is 3.23. The second kappa shape index (κ2) is 27.6. The van der Waals surface area contributed by atoms with Crippen LogP contribution in [0.25, 0.3) is 0 Å². The summed E-state index contributed by atoms with van der Waals surface area (Å²) in [4.78, 5) is 0. The van der Waals surface area contributed by atoms with Crippen molar-refractivity contribution in [2.24, 2.45) is 0 Å². The van der Waals surface area contributed by atoms with E-state index < -0.39 is 0 Å². The van der Waals surface area contributed by atoms with Crippen molar-refractivity contribution in [2.45, 2.75) is 96.8 Å². The Balaban J connectivity index is 2.97. The zero-order valence-electron chi connectivity index (χ0n) is 19.5. The monoisotopic (exact) mass is 414 g/mol. The Bertz CT molecular complexity index is 297. The number of unbranched alkanes of at least 4 members (excludes halogenated alkanes) is 13. The Kier molecular flexibility index (Phi) is 27.2. The van der Waals surface area contributed by atoms with E-state index >= 15 is 0 Å². The lowest BCUT2D eigenvalue weighted by molar-refractivity contribution is 0.000526. The molecule has 0 radical (unpaired) electrons. The summed E-state index contributed by atoms with van der Waals surface area (Å²) in [5.74, 6) is 0. The van der Waals surface area contributed by atoms with Crippen LogP contribution in [0.5, 0.6) is 0 Å². The Morgan fingerprint density at radius 3 is 1.21 bits per heavy atom. The number of ether oxygens (including phenoxy) is 4. The highest BCUT2D eigenvalue weighted by atomic mass is 16.6. The molecule has 174 valence electrons. The second-order valence-corrected chi connectivity index (χ2v) is 7.80. The summed E-state index contributed by atoms with van der Waals surface area (Å²) in [6.45, 7) is 11.1. The van der Waals surface area contributed by atoms with Crippen LogP contribution in [0.4, 0.5) is 0 Å². The molecular formula is C25H50O4. The minimum absolute atomic E-state index is 0.580. The van der Waals surface area contributed by atoms with Crippen LogP contribution in [0.1, 0.15) is 96.8 Å². The highest BCUT2D eigenvalue weighted by molar-refractivity contribution is 4.63. The van der Waals surface area contributed by atoms with Gasteiger partial charge in [-0.05, 0) is 6.42 Å². The third-order valence-corrected chi connectivity index (χ3v) is 4.99. The summed E-state index contributed by atoms with van der Waals surface area (Å²) in [5, 5.41) is 0. The van der Waals surface area contributed by atoms with Crippen LogP contribution in [0, 0.1) is 0 Å². The number of rotatable bonds is 26. The molecule has 0 aromatic rings. The highest BCUT2D eigenvalue weighted by Crippen LogP contribution is 2.12. The highest BCUT2D eigenvalue weighted by Gasteiger charge is 1.95. The van der Waals surface area contributed by atoms with Crippen molar-refractivity contribution in [3.8, 4) is 0 Å². The molecule has 0 saturated carbocycles. The zero-order valence-corrected chi connectivity index (χ0v) is 19.5. The maximum absolute atomic E-state index is 5.62. The predicted octanol–water partition coefficient (Wildman–Crippen LogP) is 6.72. The van der Waals surface area contributed by atoms with Crippen molar-refractivity contribution in [1.29, 1.82) is 0 Å². The minimum atomic E-state index is 0.580. The smallest absolute Gasteiger partial charge is 0.0704 e. The molecule has 0 N–H and O–H groups in total. The van der Waals surface area contributed by atoms with E-state index in [2.05, 4.69) is 13.5 Å². The first-order valence-electron chi connectivity index (χ1n) is 12.3. The molecule has 0 aliphatic heterocycles. The van der Waals surface area contributed by atoms with Crippen LogP contribution < -0.4 is 0 Å². The average molecular weight is 415 g/mol. The van der Waals surface area contributed by atoms with Crippen LogP contribution in [-0.4, -0.2) is 52.9 Å². The van der Waals surface area contributed by atoms with Gasteiger partial charge in [0.25, 0.3) is 0 Å². The van der Waals surface area contributed by atoms with Gasteiger partial charge in [0, 0.05) is 6.61 Å². The molecule has 0 aromatic carbocycles. The van der Waals surface area contributed by atoms with Gasteiger partial charge in [0.05, 0.1) is 46.2 Å². The summed E-state index contributed by atoms with van der Waals surface area (Å²) < 4.78 is 21.7. The molecule has 0 spiro atoms. The summed E-state index contributed by atoms with van der Waals surface area (Å²) in [7, 11) is 0. The first-order valence-corrected chi connectivity index (χ1v) is 12.3. The van der Waals surface area contributed by atoms with Crippen LogP contribution in [-0.2, 0) is 18.9 Å². The molecule has 0 heterocycles. The minimum Gasteiger partial charge on any atom is -0.379 e. The quantitative estimate of drug-likeness (QED) is 0.116. The predicted molar refractivity (Wildman–Crippen MR) is 124 cm³/mol. The number of hydrogen-bond donors (Lipinski definition) is 0. The molecule has 0 rings (SSSR count). The van der Waals surface area contributed by atoms with Gasteiger partial charge in [0.15, 0.2) is 0 Å². The first-order chi connectivity index (χ1) is 14.4. The van der Waals surface area contributed by atoms with Crippen molar-refractivity contribution >= 4 is 0 Å². The van der Waals surface area contributed by atoms with Crippen LogP contribution in [0.15, 0.2) is 12.7 Å². The van der Waals surface area contributed by atoms with Crippen molar-refractivity contribution in [3.63, 3.8) is 0 Å². The maximum Gasteiger partial charge on any atom is 0.0704 e. The van der Waals surface area contributed by atoms with Crippen molar-refractivity contribution in [3.05, 3.63) is 12.7 Å². The Morgan fingerprint density at radius 2 is 0.793 bits per heavy atom. The standard InChI is InChI=1S/C25H50O4/c1-3-5-6-7-8-9-10-11-12-13-14-15-16-17-19-27-21-23-29-25-24-28-22-20-26-18-4-2/h4H,2-3,5-25H2,1H3. The second-order valence-electron chi connectivity index (χ2n) is 7.80. The summed E-state index contributed by atoms with van der Waals surface area (Å²) in [6, 6.07) is 0. The molecule has 0 aromatic heterocycles. The van der Waals surface area contributed by atoms with Gasteiger partial charge in [-0.15, -0.1) is 6.58 Å². The molecule has 4 heteroatoms. The van der Waals surface area contributed by atoms with Gasteiger partial charge in [-0.3, -0.25) is 0 Å². The van der Waals surface area contributed by atoms with E-state index in [1.54, 1.807) is 6.08 Å². The topological polar surface area (TPSA) is 36.9 Å². The Hall–Kier alpha value is -0.420. The van der Waals surface area contributed by atoms with Crippen molar-refractivity contribution in [1.82, 2.24) is 0 Å². The molecule has 0 atom stereocenters. The molecule has 29 heavy (non-hydrogen) atoms. The normalized spacial score (nSPS) is 11.2. The molecule has 4 nitrogen and oxygen atoms in total. The molecule has 0 amide bonds. The maximum atomic E-state index is 5.62. The molecule has 0 saturated heterocycles. The largest absolute Gasteiger partial charge is 0.379 e. The van der Waals surface area contributed by atoms with Crippen molar-refractivity contribution < 1.29 is 18.9 Å². The van der Waals surface area contributed by atoms with Gasteiger partial charge in [-0.25, -0.2) is 0 Å². The van der Waals surface area contributed by atoms with Crippen molar-refractivity contribution in [2.75, 3.05) is 52.9 Å². The lowest BCUT2D eigenvalue weighted by Crippen LogP contribution is -2.12. The third kappa shape index (κ3) is 27.6. The lowest BCUT2D eigenvalue weighted by Gasteiger charge is -2.07. The molecule has 0 fully saturated rings. The molecular weight excluding hydrogens is 364 g/mol. The van der Waals surface area contributed by atoms with Crippen LogP contribution in [0.3, 0.4) is 0 Å². The van der Waals surface area contributed by atoms with Gasteiger partial charge in [0.2, 0.25) is 0 Å². The summed E-state index contributed by atoms with van der Waals surface area (Å²) >= 11 is 0. The molecule has 0 aliphatic carbocycles. The van der Waals surface area contributed by atoms with E-state index in [9.17, 15) is 0 Å². The van der Waals surface area contributed by atoms with Crippen LogP contribution in [0.2, 0.25) is 0 Å². The van der Waals surface area contributed by atoms with Crippen LogP contribution >= 0.6 is 0 Å². The Labute approximate surface area is 181 Å². The van der Waals surface area contributed by atoms with Gasteiger partial charge >= 0.3 is 0 Å². The summed E-state index contributed by atoms with van der Waals surface area (Å²) in [6.07, 6.45) is 21.2. The zero-order chi connectivity index (χ0) is 21.1. The van der Waals surface area contributed by atoms with E-state index in [4.69, 9.17) is 18.9 Å². The lowest BCUT2D eigenvalue weighted by atomic mass is 10.0. The van der Waals surface area contributed by atoms with E-state index in [0.717, 1.165) is 6.61 Å². The summed E-state index contributed by atoms with van der Waals surface area (Å²) in [5.41, 5.74) is 0. The average Bonchev–Trinajstić information content (AvgIpc) is 2.74. The van der Waals surface area contributed by atoms with Gasteiger partial charge in [0.1, 0.15) is 0 Å². The molecule has 0 unspecified atom stereocenters. The van der Waals surface area contributed by atoms with E-state index in [1.165, 1.54) is 89.9 Å². The van der Waals surface area contributed by atoms with E-state index in [1.807, 2.05) is 0 Å². The van der Waals surface area contributed by atoms with E-state index in [0.29, 0.717) is 46.2 Å². The molecule has 0 aliphatic rings. The first kappa shape index (κ1) is 28.6. The van der Waals surface area contributed by atoms with Gasteiger partial charge < -0.3 is 18.9 Å². The van der Waals surface area contributed by atoms with Gasteiger partial charge in [-0.1, -0.05) is 96.5 Å². The Morgan fingerprint density at radius 1 is 0.448 bits per heavy atom. The third-order valence-electron chi connectivity index (χ3n) is 4.99. The fraction of sp³-hybridized carbons (Fsp3) is 0.920. The fourth-order valence-corrected chi connectivity index (χ4v) is 3.23.